The van der Waals surface area contributed by atoms with Crippen LogP contribution in [0.5, 0.6) is 0 Å². The Morgan fingerprint density at radius 2 is 2.19 bits per heavy atom. The number of fused-ring (bicyclic) bond motifs is 2. The van der Waals surface area contributed by atoms with E-state index in [1.54, 1.807) is 5.56 Å². The van der Waals surface area contributed by atoms with Gasteiger partial charge >= 0.3 is 0 Å². The third-order valence-corrected chi connectivity index (χ3v) is 3.94. The molecule has 1 heterocycles. The molecule has 0 amide bonds. The van der Waals surface area contributed by atoms with E-state index in [9.17, 15) is 0 Å². The van der Waals surface area contributed by atoms with Gasteiger partial charge in [0.15, 0.2) is 0 Å². The van der Waals surface area contributed by atoms with Crippen LogP contribution in [0, 0.1) is 5.92 Å². The van der Waals surface area contributed by atoms with Crippen molar-refractivity contribution < 1.29 is 0 Å². The fourth-order valence-corrected chi connectivity index (χ4v) is 2.98. The Hall–Kier alpha value is -1.31. The van der Waals surface area contributed by atoms with Gasteiger partial charge in [-0.25, -0.2) is 0 Å². The van der Waals surface area contributed by atoms with Gasteiger partial charge < -0.3 is 0 Å². The highest BCUT2D eigenvalue weighted by atomic mass is 15.2. The predicted molar refractivity (Wildman–Crippen MR) is 66.6 cm³/mol. The second-order valence-electron chi connectivity index (χ2n) is 5.27. The minimum atomic E-state index is 0.746. The highest BCUT2D eigenvalue weighted by Crippen LogP contribution is 2.39. The van der Waals surface area contributed by atoms with Gasteiger partial charge in [-0.1, -0.05) is 13.8 Å². The number of nitrogens with zero attached hydrogens (tertiary/aromatic N) is 2. The van der Waals surface area contributed by atoms with Crippen molar-refractivity contribution in [1.82, 2.24) is 9.78 Å². The van der Waals surface area contributed by atoms with Crippen LogP contribution in [0.15, 0.2) is 18.3 Å². The molecule has 0 saturated carbocycles. The fourth-order valence-electron chi connectivity index (χ4n) is 2.98. The van der Waals surface area contributed by atoms with Crippen LogP contribution < -0.4 is 0 Å². The molecule has 0 aliphatic heterocycles. The quantitative estimate of drug-likeness (QED) is 0.712. The molecule has 2 nitrogen and oxygen atoms in total. The van der Waals surface area contributed by atoms with E-state index in [-0.39, 0.29) is 0 Å². The smallest absolute Gasteiger partial charge is 0.0682 e. The molecule has 84 valence electrons. The minimum Gasteiger partial charge on any atom is -0.268 e. The summed E-state index contributed by atoms with van der Waals surface area (Å²) in [4.78, 5) is 0. The lowest BCUT2D eigenvalue weighted by molar-refractivity contribution is 0.496. The van der Waals surface area contributed by atoms with Crippen LogP contribution in [0.4, 0.5) is 0 Å². The van der Waals surface area contributed by atoms with Crippen molar-refractivity contribution in [3.63, 3.8) is 0 Å². The highest BCUT2D eigenvalue weighted by Gasteiger charge is 2.25. The Morgan fingerprint density at radius 1 is 1.38 bits per heavy atom. The third kappa shape index (κ3) is 1.29. The molecule has 1 aliphatic rings. The Balaban J connectivity index is 2.20. The molecule has 0 bridgehead atoms. The first-order valence-electron chi connectivity index (χ1n) is 6.11. The Morgan fingerprint density at radius 3 is 2.94 bits per heavy atom. The number of hydrogen-bond acceptors (Lipinski definition) is 1. The molecule has 0 N–H and O–H groups in total. The largest absolute Gasteiger partial charge is 0.268 e. The molecule has 0 spiro atoms. The van der Waals surface area contributed by atoms with Gasteiger partial charge in [0.2, 0.25) is 0 Å². The molecule has 1 unspecified atom stereocenters. The van der Waals surface area contributed by atoms with E-state index in [2.05, 4.69) is 31.1 Å². The van der Waals surface area contributed by atoms with Gasteiger partial charge in [-0.2, -0.15) is 5.10 Å². The molecule has 1 aromatic carbocycles. The zero-order valence-corrected chi connectivity index (χ0v) is 10.2. The molecule has 1 aromatic heterocycles. The summed E-state index contributed by atoms with van der Waals surface area (Å²) in [5, 5.41) is 5.61. The molecule has 2 heteroatoms. The normalized spacial score (nSPS) is 19.6. The summed E-state index contributed by atoms with van der Waals surface area (Å²) in [5.74, 6) is 1.50. The average Bonchev–Trinajstić information content (AvgIpc) is 2.80. The SMILES string of the molecule is CC(C)C1CCc2cc3c(cnn3C)cc21. The van der Waals surface area contributed by atoms with Crippen LogP contribution in [-0.4, -0.2) is 9.78 Å². The first-order chi connectivity index (χ1) is 7.66. The Labute approximate surface area is 96.3 Å². The maximum atomic E-state index is 4.32. The van der Waals surface area contributed by atoms with Crippen molar-refractivity contribution in [3.8, 4) is 0 Å². The summed E-state index contributed by atoms with van der Waals surface area (Å²) in [6.07, 6.45) is 4.53. The molecule has 3 rings (SSSR count). The highest BCUT2D eigenvalue weighted by molar-refractivity contribution is 5.81. The van der Waals surface area contributed by atoms with Crippen LogP contribution in [0.1, 0.15) is 37.3 Å². The van der Waals surface area contributed by atoms with Gasteiger partial charge in [-0.15, -0.1) is 0 Å². The Bertz CT molecular complexity index is 537. The first kappa shape index (κ1) is 9.88. The number of hydrogen-bond donors (Lipinski definition) is 0. The summed E-state index contributed by atoms with van der Waals surface area (Å²) in [6, 6.07) is 4.69. The predicted octanol–water partition coefficient (Wildman–Crippen LogP) is 3.26. The fraction of sp³-hybridized carbons (Fsp3) is 0.500. The van der Waals surface area contributed by atoms with E-state index in [1.807, 2.05) is 17.9 Å². The van der Waals surface area contributed by atoms with Crippen LogP contribution >= 0.6 is 0 Å². The van der Waals surface area contributed by atoms with Gasteiger partial charge in [-0.05, 0) is 47.9 Å². The number of aryl methyl sites for hydroxylation is 2. The van der Waals surface area contributed by atoms with Gasteiger partial charge in [0.1, 0.15) is 0 Å². The van der Waals surface area contributed by atoms with Crippen molar-refractivity contribution >= 4 is 10.9 Å². The zero-order chi connectivity index (χ0) is 11.3. The molecule has 1 aliphatic carbocycles. The maximum Gasteiger partial charge on any atom is 0.0682 e. The van der Waals surface area contributed by atoms with Gasteiger partial charge in [-0.3, -0.25) is 4.68 Å². The molecule has 0 saturated heterocycles. The molecular weight excluding hydrogens is 196 g/mol. The lowest BCUT2D eigenvalue weighted by Crippen LogP contribution is -2.02. The third-order valence-electron chi connectivity index (χ3n) is 3.94. The van der Waals surface area contributed by atoms with E-state index in [0.29, 0.717) is 0 Å². The summed E-state index contributed by atoms with van der Waals surface area (Å²) >= 11 is 0. The monoisotopic (exact) mass is 214 g/mol. The summed E-state index contributed by atoms with van der Waals surface area (Å²) in [6.45, 7) is 4.65. The lowest BCUT2D eigenvalue weighted by Gasteiger charge is -2.15. The second-order valence-corrected chi connectivity index (χ2v) is 5.27. The van der Waals surface area contributed by atoms with Gasteiger partial charge in [0.05, 0.1) is 11.7 Å². The van der Waals surface area contributed by atoms with E-state index >= 15 is 0 Å². The number of rotatable bonds is 1. The molecular formula is C14H18N2. The van der Waals surface area contributed by atoms with Crippen LogP contribution in [-0.2, 0) is 13.5 Å². The molecule has 1 atom stereocenters. The summed E-state index contributed by atoms with van der Waals surface area (Å²) < 4.78 is 1.97. The average molecular weight is 214 g/mol. The topological polar surface area (TPSA) is 17.8 Å². The molecule has 0 radical (unpaired) electrons. The second kappa shape index (κ2) is 3.34. The summed E-state index contributed by atoms with van der Waals surface area (Å²) in [5.41, 5.74) is 4.37. The van der Waals surface area contributed by atoms with Gasteiger partial charge in [0, 0.05) is 12.4 Å². The molecule has 2 aromatic rings. The van der Waals surface area contributed by atoms with E-state index < -0.39 is 0 Å². The van der Waals surface area contributed by atoms with E-state index in [1.165, 1.54) is 29.3 Å². The van der Waals surface area contributed by atoms with Crippen molar-refractivity contribution in [2.75, 3.05) is 0 Å². The van der Waals surface area contributed by atoms with Crippen LogP contribution in [0.2, 0.25) is 0 Å². The minimum absolute atomic E-state index is 0.746. The Kier molecular flexibility index (Phi) is 2.06. The zero-order valence-electron chi connectivity index (χ0n) is 10.2. The lowest BCUT2D eigenvalue weighted by atomic mass is 9.90. The molecule has 16 heavy (non-hydrogen) atoms. The van der Waals surface area contributed by atoms with E-state index in [0.717, 1.165) is 11.8 Å². The van der Waals surface area contributed by atoms with Crippen LogP contribution in [0.25, 0.3) is 10.9 Å². The van der Waals surface area contributed by atoms with E-state index in [4.69, 9.17) is 0 Å². The van der Waals surface area contributed by atoms with Crippen molar-refractivity contribution in [1.29, 1.82) is 0 Å². The first-order valence-corrected chi connectivity index (χ1v) is 6.11. The van der Waals surface area contributed by atoms with Gasteiger partial charge in [0.25, 0.3) is 0 Å². The number of aromatic nitrogens is 2. The standard InChI is InChI=1S/C14H18N2/c1-9(2)12-5-4-10-7-14-11(6-13(10)12)8-15-16(14)3/h6-9,12H,4-5H2,1-3H3. The summed E-state index contributed by atoms with van der Waals surface area (Å²) in [7, 11) is 2.02. The molecule has 0 fully saturated rings. The van der Waals surface area contributed by atoms with Crippen LogP contribution in [0.3, 0.4) is 0 Å². The number of benzene rings is 1. The van der Waals surface area contributed by atoms with Crippen molar-refractivity contribution in [2.45, 2.75) is 32.6 Å². The maximum absolute atomic E-state index is 4.32. The van der Waals surface area contributed by atoms with Crippen molar-refractivity contribution in [3.05, 3.63) is 29.5 Å². The van der Waals surface area contributed by atoms with Crippen molar-refractivity contribution in [2.24, 2.45) is 13.0 Å².